The Labute approximate surface area is 97.8 Å². The van der Waals surface area contributed by atoms with Crippen LogP contribution in [0.4, 0.5) is 0 Å². The number of nitrogens with zero attached hydrogens (tertiary/aromatic N) is 2. The fourth-order valence-electron chi connectivity index (χ4n) is 2.70. The summed E-state index contributed by atoms with van der Waals surface area (Å²) in [6.45, 7) is 3.69. The van der Waals surface area contributed by atoms with E-state index in [0.29, 0.717) is 5.35 Å². The highest BCUT2D eigenvalue weighted by Gasteiger charge is 2.26. The molecule has 2 heterocycles. The van der Waals surface area contributed by atoms with E-state index in [1.807, 2.05) is 6.08 Å². The lowest BCUT2D eigenvalue weighted by Crippen LogP contribution is -2.56. The number of fused-ring (bicyclic) bond motifs is 3. The molecule has 1 atom stereocenters. The van der Waals surface area contributed by atoms with Gasteiger partial charge in [0.2, 0.25) is 0 Å². The largest absolute Gasteiger partial charge is 0.306 e. The number of allylic oxidation sites excluding steroid dienone is 2. The molecule has 88 valence electrons. The molecule has 0 N–H and O–H groups in total. The van der Waals surface area contributed by atoms with E-state index in [1.165, 1.54) is 4.57 Å². The molecule has 0 aromatic carbocycles. The summed E-state index contributed by atoms with van der Waals surface area (Å²) < 4.78 is 2.96. The summed E-state index contributed by atoms with van der Waals surface area (Å²) in [5, 5.41) is 0.766. The van der Waals surface area contributed by atoms with Crippen LogP contribution in [0.3, 0.4) is 0 Å². The highest BCUT2D eigenvalue weighted by Crippen LogP contribution is 2.30. The molecule has 1 aliphatic heterocycles. The lowest BCUT2D eigenvalue weighted by Gasteiger charge is -2.20. The molecule has 4 nitrogen and oxygen atoms in total. The summed E-state index contributed by atoms with van der Waals surface area (Å²) >= 11 is 0. The van der Waals surface area contributed by atoms with Gasteiger partial charge in [0.05, 0.1) is 6.04 Å². The number of hydrogen-bond acceptors (Lipinski definition) is 2. The molecule has 0 bridgehead atoms. The van der Waals surface area contributed by atoms with Crippen molar-refractivity contribution >= 4 is 12.7 Å². The van der Waals surface area contributed by atoms with Crippen molar-refractivity contribution in [3.8, 4) is 0 Å². The molecule has 1 aromatic heterocycles. The van der Waals surface area contributed by atoms with Gasteiger partial charge in [0.25, 0.3) is 11.1 Å². The van der Waals surface area contributed by atoms with Crippen molar-refractivity contribution in [2.24, 2.45) is 7.05 Å². The third-order valence-electron chi connectivity index (χ3n) is 3.72. The number of aromatic nitrogens is 2. The van der Waals surface area contributed by atoms with E-state index < -0.39 is 0 Å². The first-order chi connectivity index (χ1) is 8.11. The van der Waals surface area contributed by atoms with Crippen LogP contribution in [0.1, 0.15) is 25.3 Å². The lowest BCUT2D eigenvalue weighted by atomic mass is 9.96. The van der Waals surface area contributed by atoms with E-state index >= 15 is 0 Å². The molecular formula is C13H14N2O2. The van der Waals surface area contributed by atoms with Crippen molar-refractivity contribution in [3.05, 3.63) is 43.1 Å². The van der Waals surface area contributed by atoms with Crippen LogP contribution in [-0.2, 0) is 7.05 Å². The first kappa shape index (κ1) is 10.3. The van der Waals surface area contributed by atoms with Crippen molar-refractivity contribution in [1.82, 2.24) is 9.13 Å². The Hall–Kier alpha value is -1.84. The van der Waals surface area contributed by atoms with E-state index in [-0.39, 0.29) is 22.5 Å². The molecule has 0 radical (unpaired) electrons. The lowest BCUT2D eigenvalue weighted by molar-refractivity contribution is 0.483. The molecule has 1 aromatic rings. The summed E-state index contributed by atoms with van der Waals surface area (Å²) in [7, 11) is 1.59. The monoisotopic (exact) mass is 230 g/mol. The Morgan fingerprint density at radius 2 is 2.12 bits per heavy atom. The third-order valence-corrected chi connectivity index (χ3v) is 3.72. The molecule has 0 spiro atoms. The summed E-state index contributed by atoms with van der Waals surface area (Å²) in [5.74, 6) is 0. The molecule has 3 rings (SSSR count). The first-order valence-corrected chi connectivity index (χ1v) is 5.83. The van der Waals surface area contributed by atoms with E-state index in [4.69, 9.17) is 0 Å². The highest BCUT2D eigenvalue weighted by atomic mass is 16.1. The molecular weight excluding hydrogens is 216 g/mol. The minimum Gasteiger partial charge on any atom is -0.306 e. The van der Waals surface area contributed by atoms with Crippen LogP contribution in [0.15, 0.2) is 21.2 Å². The SMILES string of the molecule is C=c1c(=O)n2c(c(=O)n1C)=CC1=CCCCC12. The van der Waals surface area contributed by atoms with Crippen LogP contribution < -0.4 is 21.8 Å². The third kappa shape index (κ3) is 1.24. The van der Waals surface area contributed by atoms with Gasteiger partial charge in [-0.05, 0) is 30.9 Å². The minimum atomic E-state index is -0.145. The fourth-order valence-corrected chi connectivity index (χ4v) is 2.70. The number of hydrogen-bond donors (Lipinski definition) is 0. The predicted octanol–water partition coefficient (Wildman–Crippen LogP) is -0.597. The Balaban J connectivity index is 2.49. The van der Waals surface area contributed by atoms with Crippen LogP contribution >= 0.6 is 0 Å². The second-order valence-corrected chi connectivity index (χ2v) is 4.67. The van der Waals surface area contributed by atoms with Crippen LogP contribution in [-0.4, -0.2) is 9.13 Å². The highest BCUT2D eigenvalue weighted by molar-refractivity contribution is 5.52. The molecule has 1 unspecified atom stereocenters. The second-order valence-electron chi connectivity index (χ2n) is 4.67. The molecule has 2 aliphatic rings. The fraction of sp³-hybridized carbons (Fsp3) is 0.385. The van der Waals surface area contributed by atoms with Gasteiger partial charge in [0.15, 0.2) is 0 Å². The molecule has 0 amide bonds. The quantitative estimate of drug-likeness (QED) is 0.597. The maximum Gasteiger partial charge on any atom is 0.275 e. The van der Waals surface area contributed by atoms with Crippen molar-refractivity contribution < 1.29 is 0 Å². The molecule has 4 heteroatoms. The molecule has 0 fully saturated rings. The maximum absolute atomic E-state index is 12.2. The zero-order valence-corrected chi connectivity index (χ0v) is 9.77. The molecule has 17 heavy (non-hydrogen) atoms. The van der Waals surface area contributed by atoms with Crippen LogP contribution in [0.25, 0.3) is 12.7 Å². The number of rotatable bonds is 0. The van der Waals surface area contributed by atoms with Crippen molar-refractivity contribution in [2.75, 3.05) is 0 Å². The average Bonchev–Trinajstić information content (AvgIpc) is 2.73. The van der Waals surface area contributed by atoms with Gasteiger partial charge in [-0.3, -0.25) is 14.2 Å². The van der Waals surface area contributed by atoms with Gasteiger partial charge in [-0.25, -0.2) is 0 Å². The smallest absolute Gasteiger partial charge is 0.275 e. The van der Waals surface area contributed by atoms with E-state index in [1.54, 1.807) is 11.6 Å². The van der Waals surface area contributed by atoms with Crippen LogP contribution in [0.2, 0.25) is 0 Å². The summed E-state index contributed by atoms with van der Waals surface area (Å²) in [6, 6.07) is 0.0562. The second kappa shape index (κ2) is 3.32. The van der Waals surface area contributed by atoms with E-state index in [2.05, 4.69) is 12.7 Å². The summed E-state index contributed by atoms with van der Waals surface area (Å²) in [5.41, 5.74) is 0.828. The zero-order chi connectivity index (χ0) is 12.2. The van der Waals surface area contributed by atoms with Crippen molar-refractivity contribution in [2.45, 2.75) is 25.3 Å². The van der Waals surface area contributed by atoms with E-state index in [9.17, 15) is 9.59 Å². The van der Waals surface area contributed by atoms with Gasteiger partial charge in [-0.15, -0.1) is 0 Å². The van der Waals surface area contributed by atoms with Crippen molar-refractivity contribution in [3.63, 3.8) is 0 Å². The minimum absolute atomic E-state index is 0.0562. The van der Waals surface area contributed by atoms with Gasteiger partial charge in [0, 0.05) is 7.05 Å². The average molecular weight is 230 g/mol. The van der Waals surface area contributed by atoms with E-state index in [0.717, 1.165) is 24.8 Å². The zero-order valence-electron chi connectivity index (χ0n) is 9.77. The van der Waals surface area contributed by atoms with Crippen LogP contribution in [0.5, 0.6) is 0 Å². The molecule has 0 saturated heterocycles. The van der Waals surface area contributed by atoms with Gasteiger partial charge < -0.3 is 4.57 Å². The Morgan fingerprint density at radius 3 is 2.88 bits per heavy atom. The predicted molar refractivity (Wildman–Crippen MR) is 66.2 cm³/mol. The Morgan fingerprint density at radius 1 is 1.35 bits per heavy atom. The van der Waals surface area contributed by atoms with Crippen molar-refractivity contribution in [1.29, 1.82) is 0 Å². The normalized spacial score (nSPS) is 21.5. The standard InChI is InChI=1S/C13H14N2O2/c1-8-12(16)15-10-6-4-3-5-9(10)7-11(15)13(17)14(8)2/h5,7,10H,1,3-4,6H2,2H3. The summed E-state index contributed by atoms with van der Waals surface area (Å²) in [6.07, 6.45) is 7.01. The molecule has 0 saturated carbocycles. The topological polar surface area (TPSA) is 44.0 Å². The van der Waals surface area contributed by atoms with Gasteiger partial charge >= 0.3 is 0 Å². The Bertz CT molecular complexity index is 749. The van der Waals surface area contributed by atoms with Gasteiger partial charge in [-0.2, -0.15) is 0 Å². The van der Waals surface area contributed by atoms with Gasteiger partial charge in [0.1, 0.15) is 10.7 Å². The summed E-state index contributed by atoms with van der Waals surface area (Å²) in [4.78, 5) is 24.3. The van der Waals surface area contributed by atoms with Crippen LogP contribution in [0, 0.1) is 0 Å². The molecule has 1 aliphatic carbocycles. The first-order valence-electron chi connectivity index (χ1n) is 5.83. The maximum atomic E-state index is 12.2. The Kier molecular flexibility index (Phi) is 2.02. The van der Waals surface area contributed by atoms with Gasteiger partial charge in [-0.1, -0.05) is 12.7 Å².